The largest absolute Gasteiger partial charge is 0.319 e. The van der Waals surface area contributed by atoms with Gasteiger partial charge in [-0.1, -0.05) is 34.5 Å². The van der Waals surface area contributed by atoms with Crippen molar-refractivity contribution in [3.8, 4) is 0 Å². The summed E-state index contributed by atoms with van der Waals surface area (Å²) in [5.41, 5.74) is 1.03. The number of nitrogens with zero attached hydrogens (tertiary/aromatic N) is 1. The van der Waals surface area contributed by atoms with E-state index in [0.717, 1.165) is 19.3 Å². The lowest BCUT2D eigenvalue weighted by atomic mass is 10.1. The van der Waals surface area contributed by atoms with Crippen molar-refractivity contribution in [1.82, 2.24) is 4.31 Å². The van der Waals surface area contributed by atoms with Gasteiger partial charge >= 0.3 is 0 Å². The number of anilines is 1. The predicted octanol–water partition coefficient (Wildman–Crippen LogP) is 4.16. The van der Waals surface area contributed by atoms with Crippen LogP contribution in [0.3, 0.4) is 0 Å². The molecular formula is C19H20BrFN2O3S. The van der Waals surface area contributed by atoms with Gasteiger partial charge in [0, 0.05) is 23.1 Å². The average molecular weight is 455 g/mol. The molecule has 3 rings (SSSR count). The lowest BCUT2D eigenvalue weighted by Crippen LogP contribution is -2.36. The molecule has 0 unspecified atom stereocenters. The molecule has 1 saturated heterocycles. The minimum atomic E-state index is -3.35. The Bertz CT molecular complexity index is 926. The highest BCUT2D eigenvalue weighted by molar-refractivity contribution is 9.10. The monoisotopic (exact) mass is 454 g/mol. The van der Waals surface area contributed by atoms with Gasteiger partial charge in [-0.15, -0.1) is 0 Å². The third-order valence-electron chi connectivity index (χ3n) is 4.45. The molecule has 2 aromatic rings. The van der Waals surface area contributed by atoms with E-state index in [4.69, 9.17) is 0 Å². The summed E-state index contributed by atoms with van der Waals surface area (Å²) in [6.07, 6.45) is 2.85. The summed E-state index contributed by atoms with van der Waals surface area (Å²) in [6, 6.07) is 10.7. The molecular weight excluding hydrogens is 435 g/mol. The number of sulfonamides is 1. The number of piperidine rings is 1. The van der Waals surface area contributed by atoms with Crippen LogP contribution in [0.15, 0.2) is 46.9 Å². The minimum absolute atomic E-state index is 0.0833. The fraction of sp³-hybridized carbons (Fsp3) is 0.316. The van der Waals surface area contributed by atoms with E-state index in [1.54, 1.807) is 30.3 Å². The Morgan fingerprint density at radius 3 is 2.37 bits per heavy atom. The molecule has 1 heterocycles. The Kier molecular flexibility index (Phi) is 6.29. The van der Waals surface area contributed by atoms with E-state index in [0.29, 0.717) is 28.7 Å². The molecule has 8 heteroatoms. The van der Waals surface area contributed by atoms with Crippen LogP contribution in [0.5, 0.6) is 0 Å². The van der Waals surface area contributed by atoms with Gasteiger partial charge in [0.15, 0.2) is 0 Å². The van der Waals surface area contributed by atoms with Crippen LogP contribution in [0.2, 0.25) is 0 Å². The van der Waals surface area contributed by atoms with E-state index >= 15 is 0 Å². The smallest absolute Gasteiger partial charge is 0.255 e. The second kappa shape index (κ2) is 8.50. The van der Waals surface area contributed by atoms with Gasteiger partial charge in [0.2, 0.25) is 10.0 Å². The van der Waals surface area contributed by atoms with Gasteiger partial charge in [-0.2, -0.15) is 0 Å². The molecule has 0 aromatic heterocycles. The van der Waals surface area contributed by atoms with Crippen molar-refractivity contribution in [3.63, 3.8) is 0 Å². The Morgan fingerprint density at radius 2 is 1.74 bits per heavy atom. The van der Waals surface area contributed by atoms with Crippen LogP contribution in [0.1, 0.15) is 35.2 Å². The fourth-order valence-corrected chi connectivity index (χ4v) is 4.93. The molecule has 0 aliphatic carbocycles. The highest BCUT2D eigenvalue weighted by Gasteiger charge is 2.24. The normalized spacial score (nSPS) is 15.5. The summed E-state index contributed by atoms with van der Waals surface area (Å²) < 4.78 is 40.9. The van der Waals surface area contributed by atoms with Crippen molar-refractivity contribution in [3.05, 3.63) is 63.9 Å². The SMILES string of the molecule is O=C(Nc1ccc(Br)cc1F)c1ccc(CS(=O)(=O)N2CCCCC2)cc1. The van der Waals surface area contributed by atoms with E-state index in [1.807, 2.05) is 0 Å². The fourth-order valence-electron chi connectivity index (χ4n) is 2.98. The molecule has 1 amide bonds. The van der Waals surface area contributed by atoms with E-state index < -0.39 is 21.7 Å². The molecule has 144 valence electrons. The molecule has 1 aliphatic rings. The molecule has 0 saturated carbocycles. The molecule has 1 fully saturated rings. The van der Waals surface area contributed by atoms with E-state index in [2.05, 4.69) is 21.2 Å². The van der Waals surface area contributed by atoms with Crippen LogP contribution in [-0.4, -0.2) is 31.7 Å². The highest BCUT2D eigenvalue weighted by Crippen LogP contribution is 2.21. The summed E-state index contributed by atoms with van der Waals surface area (Å²) in [5, 5.41) is 2.51. The van der Waals surface area contributed by atoms with Crippen LogP contribution in [-0.2, 0) is 15.8 Å². The lowest BCUT2D eigenvalue weighted by molar-refractivity contribution is 0.102. The summed E-state index contributed by atoms with van der Waals surface area (Å²) in [7, 11) is -3.35. The van der Waals surface area contributed by atoms with E-state index in [9.17, 15) is 17.6 Å². The number of halogens is 2. The summed E-state index contributed by atoms with van der Waals surface area (Å²) >= 11 is 3.16. The van der Waals surface area contributed by atoms with Crippen LogP contribution in [0.4, 0.5) is 10.1 Å². The first-order chi connectivity index (χ1) is 12.8. The number of amides is 1. The first-order valence-corrected chi connectivity index (χ1v) is 11.1. The van der Waals surface area contributed by atoms with Gasteiger partial charge in [0.1, 0.15) is 5.82 Å². The molecule has 1 aliphatic heterocycles. The molecule has 1 N–H and O–H groups in total. The van der Waals surface area contributed by atoms with Gasteiger partial charge in [-0.3, -0.25) is 4.79 Å². The highest BCUT2D eigenvalue weighted by atomic mass is 79.9. The first-order valence-electron chi connectivity index (χ1n) is 8.68. The number of benzene rings is 2. The Morgan fingerprint density at radius 1 is 1.07 bits per heavy atom. The summed E-state index contributed by atoms with van der Waals surface area (Å²) in [5.74, 6) is -1.08. The second-order valence-electron chi connectivity index (χ2n) is 6.49. The van der Waals surface area contributed by atoms with Crippen LogP contribution >= 0.6 is 15.9 Å². The van der Waals surface area contributed by atoms with Crippen LogP contribution < -0.4 is 5.32 Å². The molecule has 27 heavy (non-hydrogen) atoms. The van der Waals surface area contributed by atoms with E-state index in [-0.39, 0.29) is 11.4 Å². The summed E-state index contributed by atoms with van der Waals surface area (Å²) in [4.78, 5) is 12.3. The van der Waals surface area contributed by atoms with Gasteiger partial charge < -0.3 is 5.32 Å². The number of nitrogens with one attached hydrogen (secondary N) is 1. The Labute approximate surface area is 166 Å². The average Bonchev–Trinajstić information content (AvgIpc) is 2.65. The van der Waals surface area contributed by atoms with Crippen molar-refractivity contribution in [2.75, 3.05) is 18.4 Å². The number of rotatable bonds is 5. The molecule has 5 nitrogen and oxygen atoms in total. The number of hydrogen-bond donors (Lipinski definition) is 1. The second-order valence-corrected chi connectivity index (χ2v) is 9.38. The van der Waals surface area contributed by atoms with Crippen LogP contribution in [0.25, 0.3) is 0 Å². The third kappa shape index (κ3) is 5.15. The molecule has 2 aromatic carbocycles. The Hall–Kier alpha value is -1.77. The Balaban J connectivity index is 1.66. The van der Waals surface area contributed by atoms with Crippen molar-refractivity contribution >= 4 is 37.5 Å². The van der Waals surface area contributed by atoms with Crippen molar-refractivity contribution in [1.29, 1.82) is 0 Å². The zero-order chi connectivity index (χ0) is 19.4. The maximum Gasteiger partial charge on any atom is 0.255 e. The quantitative estimate of drug-likeness (QED) is 0.737. The molecule has 0 atom stereocenters. The molecule has 0 spiro atoms. The minimum Gasteiger partial charge on any atom is -0.319 e. The lowest BCUT2D eigenvalue weighted by Gasteiger charge is -2.25. The topological polar surface area (TPSA) is 66.5 Å². The summed E-state index contributed by atoms with van der Waals surface area (Å²) in [6.45, 7) is 1.14. The predicted molar refractivity (Wildman–Crippen MR) is 107 cm³/mol. The number of hydrogen-bond acceptors (Lipinski definition) is 3. The van der Waals surface area contributed by atoms with Crippen molar-refractivity contribution in [2.45, 2.75) is 25.0 Å². The van der Waals surface area contributed by atoms with Crippen molar-refractivity contribution in [2.24, 2.45) is 0 Å². The third-order valence-corrected chi connectivity index (χ3v) is 6.80. The maximum atomic E-state index is 13.8. The number of carbonyl (C=O) groups excluding carboxylic acids is 1. The van der Waals surface area contributed by atoms with Crippen LogP contribution in [0, 0.1) is 5.82 Å². The zero-order valence-electron chi connectivity index (χ0n) is 14.6. The van der Waals surface area contributed by atoms with Gasteiger partial charge in [0.05, 0.1) is 11.4 Å². The first kappa shape index (κ1) is 20.0. The van der Waals surface area contributed by atoms with Gasteiger partial charge in [-0.05, 0) is 48.7 Å². The molecule has 0 radical (unpaired) electrons. The van der Waals surface area contributed by atoms with Gasteiger partial charge in [-0.25, -0.2) is 17.1 Å². The molecule has 0 bridgehead atoms. The zero-order valence-corrected chi connectivity index (χ0v) is 17.0. The van der Waals surface area contributed by atoms with Gasteiger partial charge in [0.25, 0.3) is 5.91 Å². The maximum absolute atomic E-state index is 13.8. The standard InChI is InChI=1S/C19H20BrFN2O3S/c20-16-8-9-18(17(21)12-16)22-19(24)15-6-4-14(5-7-15)13-27(25,26)23-10-2-1-3-11-23/h4-9,12H,1-3,10-11,13H2,(H,22,24). The van der Waals surface area contributed by atoms with Crippen molar-refractivity contribution < 1.29 is 17.6 Å². The number of carbonyl (C=O) groups is 1. The van der Waals surface area contributed by atoms with E-state index in [1.165, 1.54) is 16.4 Å².